The Morgan fingerprint density at radius 1 is 1.10 bits per heavy atom. The first-order valence-corrected chi connectivity index (χ1v) is 13.7. The van der Waals surface area contributed by atoms with Crippen molar-refractivity contribution in [3.63, 3.8) is 0 Å². The van der Waals surface area contributed by atoms with Gasteiger partial charge in [-0.2, -0.15) is 4.68 Å². The molecule has 41 heavy (non-hydrogen) atoms. The van der Waals surface area contributed by atoms with Crippen molar-refractivity contribution in [2.75, 3.05) is 13.7 Å². The van der Waals surface area contributed by atoms with Gasteiger partial charge in [0.2, 0.25) is 5.91 Å². The summed E-state index contributed by atoms with van der Waals surface area (Å²) in [7, 11) is 1.65. The average molecular weight is 566 g/mol. The lowest BCUT2D eigenvalue weighted by Gasteiger charge is -2.40. The highest BCUT2D eigenvalue weighted by Crippen LogP contribution is 2.42. The lowest BCUT2D eigenvalue weighted by molar-refractivity contribution is -0.130. The molecule has 1 amide bonds. The Morgan fingerprint density at radius 3 is 2.78 bits per heavy atom. The molecule has 0 saturated carbocycles. The zero-order valence-corrected chi connectivity index (χ0v) is 23.1. The van der Waals surface area contributed by atoms with Crippen LogP contribution in [-0.2, 0) is 4.79 Å². The molecule has 0 spiro atoms. The Labute approximate surface area is 242 Å². The number of aromatic nitrogens is 6. The molecule has 3 aromatic carbocycles. The molecule has 2 atom stereocenters. The van der Waals surface area contributed by atoms with Crippen molar-refractivity contribution < 1.29 is 9.53 Å². The van der Waals surface area contributed by atoms with Gasteiger partial charge in [-0.3, -0.25) is 4.79 Å². The average Bonchev–Trinajstić information content (AvgIpc) is 3.73. The van der Waals surface area contributed by atoms with Gasteiger partial charge in [0.15, 0.2) is 0 Å². The number of benzene rings is 3. The third kappa shape index (κ3) is 5.62. The number of amides is 1. The maximum Gasteiger partial charge on any atom is 0.247 e. The van der Waals surface area contributed by atoms with E-state index in [0.29, 0.717) is 11.6 Å². The van der Waals surface area contributed by atoms with Gasteiger partial charge in [-0.25, -0.2) is 4.98 Å². The number of nitrogens with one attached hydrogen (secondary N) is 1. The third-order valence-electron chi connectivity index (χ3n) is 7.39. The molecule has 0 aliphatic carbocycles. The topological polar surface area (TPSA) is 102 Å². The first-order valence-electron chi connectivity index (χ1n) is 13.4. The molecule has 206 valence electrons. The molecule has 1 saturated heterocycles. The highest BCUT2D eigenvalue weighted by molar-refractivity contribution is 6.30. The Kier molecular flexibility index (Phi) is 7.60. The summed E-state index contributed by atoms with van der Waals surface area (Å²) in [5.74, 6) is 1.48. The molecule has 9 nitrogen and oxygen atoms in total. The van der Waals surface area contributed by atoms with Crippen molar-refractivity contribution in [1.82, 2.24) is 35.1 Å². The summed E-state index contributed by atoms with van der Waals surface area (Å²) in [5, 5.41) is 12.0. The monoisotopic (exact) mass is 565 g/mol. The van der Waals surface area contributed by atoms with Crippen LogP contribution in [-0.4, -0.2) is 54.6 Å². The van der Waals surface area contributed by atoms with Crippen LogP contribution in [0.5, 0.6) is 5.75 Å². The van der Waals surface area contributed by atoms with Gasteiger partial charge in [0.25, 0.3) is 0 Å². The summed E-state index contributed by atoms with van der Waals surface area (Å²) in [4.78, 5) is 24.1. The van der Waals surface area contributed by atoms with Crippen LogP contribution in [0.2, 0.25) is 5.02 Å². The number of piperidine rings is 1. The number of aromatic amines is 1. The van der Waals surface area contributed by atoms with Gasteiger partial charge >= 0.3 is 0 Å². The van der Waals surface area contributed by atoms with E-state index in [1.54, 1.807) is 36.1 Å². The summed E-state index contributed by atoms with van der Waals surface area (Å²) in [5.41, 5.74) is 4.45. The summed E-state index contributed by atoms with van der Waals surface area (Å²) < 4.78 is 6.95. The number of halogens is 1. The normalized spacial score (nSPS) is 17.2. The molecule has 2 aromatic heterocycles. The number of H-pyrrole nitrogens is 1. The molecule has 2 unspecified atom stereocenters. The number of carbonyl (C=O) groups excluding carboxylic acids is 1. The van der Waals surface area contributed by atoms with Crippen molar-refractivity contribution in [1.29, 1.82) is 0 Å². The van der Waals surface area contributed by atoms with E-state index in [9.17, 15) is 4.79 Å². The number of tetrazole rings is 1. The number of imidazole rings is 1. The number of ether oxygens (including phenoxy) is 1. The molecule has 1 fully saturated rings. The fourth-order valence-electron chi connectivity index (χ4n) is 5.45. The number of methoxy groups -OCH3 is 1. The standard InChI is InChI=1S/C31H28ClN7O2/c1-41-25-10-5-9-22(18-25)27-19-33-31(35-27)30-26(21-7-3-2-4-8-21)11-6-16-38(30)29(40)15-12-23-17-24(32)13-14-28(23)39-20-34-36-37-39/h2-5,7-10,12-15,17-20,26,30H,6,11,16H2,1H3,(H,33,35). The number of likely N-dealkylation sites (tertiary alicyclic amines) is 1. The van der Waals surface area contributed by atoms with Gasteiger partial charge in [-0.1, -0.05) is 54.1 Å². The predicted octanol–water partition coefficient (Wildman–Crippen LogP) is 5.88. The molecule has 0 radical (unpaired) electrons. The van der Waals surface area contributed by atoms with Crippen LogP contribution >= 0.6 is 11.6 Å². The predicted molar refractivity (Wildman–Crippen MR) is 157 cm³/mol. The SMILES string of the molecule is COc1cccc(-c2cnc(C3C(c4ccccc4)CCCN3C(=O)C=Cc3cc(Cl)ccc3-n3cnnn3)[nH]2)c1. The van der Waals surface area contributed by atoms with Crippen molar-refractivity contribution in [3.05, 3.63) is 113 Å². The van der Waals surface area contributed by atoms with E-state index < -0.39 is 0 Å². The minimum Gasteiger partial charge on any atom is -0.497 e. The van der Waals surface area contributed by atoms with Crippen LogP contribution in [0.25, 0.3) is 23.0 Å². The zero-order chi connectivity index (χ0) is 28.2. The summed E-state index contributed by atoms with van der Waals surface area (Å²) >= 11 is 6.29. The fourth-order valence-corrected chi connectivity index (χ4v) is 5.63. The van der Waals surface area contributed by atoms with Gasteiger partial charge in [0, 0.05) is 34.7 Å². The minimum atomic E-state index is -0.277. The molecule has 6 rings (SSSR count). The van der Waals surface area contributed by atoms with Crippen LogP contribution in [0.1, 0.15) is 41.8 Å². The minimum absolute atomic E-state index is 0.0783. The van der Waals surface area contributed by atoms with Crippen molar-refractivity contribution >= 4 is 23.6 Å². The van der Waals surface area contributed by atoms with Crippen LogP contribution in [0.3, 0.4) is 0 Å². The Balaban J connectivity index is 1.35. The lowest BCUT2D eigenvalue weighted by atomic mass is 9.83. The summed E-state index contributed by atoms with van der Waals surface area (Å²) in [6, 6.07) is 23.3. The number of hydrogen-bond donors (Lipinski definition) is 1. The molecule has 1 aliphatic rings. The number of carbonyl (C=O) groups is 1. The van der Waals surface area contributed by atoms with E-state index in [1.165, 1.54) is 11.9 Å². The van der Waals surface area contributed by atoms with Crippen molar-refractivity contribution in [2.45, 2.75) is 24.8 Å². The number of nitrogens with zero attached hydrogens (tertiary/aromatic N) is 6. The summed E-state index contributed by atoms with van der Waals surface area (Å²) in [6.45, 7) is 0.613. The maximum absolute atomic E-state index is 13.9. The fraction of sp³-hybridized carbons (Fsp3) is 0.194. The van der Waals surface area contributed by atoms with Crippen LogP contribution in [0.15, 0.2) is 91.4 Å². The first kappa shape index (κ1) is 26.5. The highest BCUT2D eigenvalue weighted by atomic mass is 35.5. The molecular weight excluding hydrogens is 538 g/mol. The van der Waals surface area contributed by atoms with E-state index in [2.05, 4.69) is 32.6 Å². The van der Waals surface area contributed by atoms with Gasteiger partial charge in [-0.15, -0.1) is 5.10 Å². The quantitative estimate of drug-likeness (QED) is 0.247. The van der Waals surface area contributed by atoms with Gasteiger partial charge < -0.3 is 14.6 Å². The van der Waals surface area contributed by atoms with Crippen LogP contribution < -0.4 is 4.74 Å². The Hall–Kier alpha value is -4.76. The molecule has 3 heterocycles. The van der Waals surface area contributed by atoms with E-state index in [-0.39, 0.29) is 17.9 Å². The highest BCUT2D eigenvalue weighted by Gasteiger charge is 2.37. The van der Waals surface area contributed by atoms with Crippen LogP contribution in [0.4, 0.5) is 0 Å². The van der Waals surface area contributed by atoms with E-state index in [1.807, 2.05) is 59.6 Å². The second-order valence-electron chi connectivity index (χ2n) is 9.84. The third-order valence-corrected chi connectivity index (χ3v) is 7.62. The second kappa shape index (κ2) is 11.8. The van der Waals surface area contributed by atoms with E-state index >= 15 is 0 Å². The second-order valence-corrected chi connectivity index (χ2v) is 10.3. The maximum atomic E-state index is 13.9. The van der Waals surface area contributed by atoms with E-state index in [4.69, 9.17) is 21.3 Å². The van der Waals surface area contributed by atoms with Crippen LogP contribution in [0, 0.1) is 0 Å². The zero-order valence-electron chi connectivity index (χ0n) is 22.4. The smallest absolute Gasteiger partial charge is 0.247 e. The molecule has 1 aliphatic heterocycles. The molecule has 10 heteroatoms. The van der Waals surface area contributed by atoms with Gasteiger partial charge in [-0.05, 0) is 65.2 Å². The lowest BCUT2D eigenvalue weighted by Crippen LogP contribution is -2.41. The molecule has 5 aromatic rings. The number of rotatable bonds is 7. The number of hydrogen-bond acceptors (Lipinski definition) is 6. The molecule has 0 bridgehead atoms. The Bertz CT molecular complexity index is 1670. The van der Waals surface area contributed by atoms with Gasteiger partial charge in [0.05, 0.1) is 30.7 Å². The van der Waals surface area contributed by atoms with E-state index in [0.717, 1.165) is 46.9 Å². The summed E-state index contributed by atoms with van der Waals surface area (Å²) in [6.07, 6.45) is 8.50. The molecular formula is C31H28ClN7O2. The van der Waals surface area contributed by atoms with Gasteiger partial charge in [0.1, 0.15) is 17.9 Å². The first-order chi connectivity index (χ1) is 20.1. The van der Waals surface area contributed by atoms with Crippen molar-refractivity contribution in [2.24, 2.45) is 0 Å². The largest absolute Gasteiger partial charge is 0.497 e. The Morgan fingerprint density at radius 2 is 1.98 bits per heavy atom. The molecule has 1 N–H and O–H groups in total. The van der Waals surface area contributed by atoms with Crippen molar-refractivity contribution in [3.8, 4) is 22.7 Å².